The number of amides is 1. The number of rotatable bonds is 6. The summed E-state index contributed by atoms with van der Waals surface area (Å²) in [6.45, 7) is 0. The van der Waals surface area contributed by atoms with Crippen molar-refractivity contribution in [1.29, 1.82) is 0 Å². The SMILES string of the molecule is CN(c1ccccc1)S(=O)(=O)c1ccc(C(=O)Nc2nnc(-c3cc4ccccc4o3)o2)cc1. The monoisotopic (exact) mass is 474 g/mol. The molecule has 0 atom stereocenters. The van der Waals surface area contributed by atoms with Crippen molar-refractivity contribution in [1.82, 2.24) is 10.2 Å². The average Bonchev–Trinajstić information content (AvgIpc) is 3.51. The highest BCUT2D eigenvalue weighted by atomic mass is 32.2. The number of nitrogens with zero attached hydrogens (tertiary/aromatic N) is 3. The summed E-state index contributed by atoms with van der Waals surface area (Å²) in [4.78, 5) is 12.7. The van der Waals surface area contributed by atoms with Crippen molar-refractivity contribution in [2.24, 2.45) is 0 Å². The molecule has 5 aromatic rings. The van der Waals surface area contributed by atoms with E-state index in [1.807, 2.05) is 24.3 Å². The maximum absolute atomic E-state index is 12.9. The molecule has 0 radical (unpaired) electrons. The first kappa shape index (κ1) is 21.4. The van der Waals surface area contributed by atoms with Crippen LogP contribution >= 0.6 is 0 Å². The van der Waals surface area contributed by atoms with Gasteiger partial charge in [-0.3, -0.25) is 14.4 Å². The summed E-state index contributed by atoms with van der Waals surface area (Å²) in [5, 5.41) is 11.1. The lowest BCUT2D eigenvalue weighted by Crippen LogP contribution is -2.26. The first-order valence-electron chi connectivity index (χ1n) is 10.2. The van der Waals surface area contributed by atoms with Crippen LogP contribution in [0.2, 0.25) is 0 Å². The molecule has 0 aliphatic carbocycles. The van der Waals surface area contributed by atoms with Gasteiger partial charge in [-0.2, -0.15) is 0 Å². The first-order chi connectivity index (χ1) is 16.4. The Kier molecular flexibility index (Phi) is 5.34. The molecule has 5 rings (SSSR count). The van der Waals surface area contributed by atoms with Crippen molar-refractivity contribution in [3.8, 4) is 11.7 Å². The van der Waals surface area contributed by atoms with Crippen LogP contribution in [0.3, 0.4) is 0 Å². The largest absolute Gasteiger partial charge is 0.451 e. The zero-order valence-corrected chi connectivity index (χ0v) is 18.7. The van der Waals surface area contributed by atoms with Gasteiger partial charge in [0.25, 0.3) is 21.8 Å². The van der Waals surface area contributed by atoms with E-state index in [4.69, 9.17) is 8.83 Å². The minimum Gasteiger partial charge on any atom is -0.451 e. The number of carbonyl (C=O) groups excluding carboxylic acids is 1. The third-order valence-electron chi connectivity index (χ3n) is 5.18. The molecule has 0 aliphatic heterocycles. The maximum atomic E-state index is 12.9. The number of hydrogen-bond donors (Lipinski definition) is 1. The number of furan rings is 1. The Morgan fingerprint density at radius 1 is 0.882 bits per heavy atom. The number of para-hydroxylation sites is 2. The summed E-state index contributed by atoms with van der Waals surface area (Å²) in [5.41, 5.74) is 1.43. The predicted octanol–water partition coefficient (Wildman–Crippen LogP) is 4.56. The van der Waals surface area contributed by atoms with Gasteiger partial charge in [-0.05, 0) is 48.5 Å². The molecule has 2 heterocycles. The van der Waals surface area contributed by atoms with Gasteiger partial charge in [-0.1, -0.05) is 41.5 Å². The Labute approximate surface area is 194 Å². The van der Waals surface area contributed by atoms with Crippen LogP contribution in [0.4, 0.5) is 11.7 Å². The predicted molar refractivity (Wildman–Crippen MR) is 126 cm³/mol. The fraction of sp³-hybridized carbons (Fsp3) is 0.0417. The molecule has 0 fully saturated rings. The van der Waals surface area contributed by atoms with E-state index < -0.39 is 15.9 Å². The summed E-state index contributed by atoms with van der Waals surface area (Å²) < 4.78 is 38.1. The highest BCUT2D eigenvalue weighted by Crippen LogP contribution is 2.28. The number of benzene rings is 3. The van der Waals surface area contributed by atoms with Gasteiger partial charge in [0, 0.05) is 18.0 Å². The third-order valence-corrected chi connectivity index (χ3v) is 6.98. The zero-order valence-electron chi connectivity index (χ0n) is 17.9. The van der Waals surface area contributed by atoms with E-state index in [0.29, 0.717) is 17.0 Å². The Hall–Kier alpha value is -4.44. The fourth-order valence-electron chi connectivity index (χ4n) is 3.34. The van der Waals surface area contributed by atoms with E-state index in [1.165, 1.54) is 35.6 Å². The van der Waals surface area contributed by atoms with Crippen molar-refractivity contribution in [2.45, 2.75) is 4.90 Å². The number of fused-ring (bicyclic) bond motifs is 1. The van der Waals surface area contributed by atoms with Crippen molar-refractivity contribution >= 4 is 38.6 Å². The molecule has 1 amide bonds. The number of nitrogens with one attached hydrogen (secondary N) is 1. The molecule has 0 bridgehead atoms. The van der Waals surface area contributed by atoms with Gasteiger partial charge in [-0.25, -0.2) is 8.42 Å². The van der Waals surface area contributed by atoms with Crippen LogP contribution in [0, 0.1) is 0 Å². The first-order valence-corrected chi connectivity index (χ1v) is 11.6. The molecular formula is C24H18N4O5S. The minimum absolute atomic E-state index is 0.0559. The Bertz CT molecular complexity index is 1540. The molecule has 2 aromatic heterocycles. The van der Waals surface area contributed by atoms with E-state index in [1.54, 1.807) is 36.4 Å². The second-order valence-corrected chi connectivity index (χ2v) is 9.32. The van der Waals surface area contributed by atoms with Gasteiger partial charge in [-0.15, -0.1) is 5.10 Å². The molecule has 0 aliphatic rings. The van der Waals surface area contributed by atoms with Crippen LogP contribution < -0.4 is 9.62 Å². The number of carbonyl (C=O) groups is 1. The van der Waals surface area contributed by atoms with Gasteiger partial charge >= 0.3 is 6.01 Å². The molecule has 170 valence electrons. The van der Waals surface area contributed by atoms with Gasteiger partial charge in [0.15, 0.2) is 5.76 Å². The highest BCUT2D eigenvalue weighted by Gasteiger charge is 2.22. The summed E-state index contributed by atoms with van der Waals surface area (Å²) in [6.07, 6.45) is 0. The van der Waals surface area contributed by atoms with Crippen LogP contribution in [0.1, 0.15) is 10.4 Å². The summed E-state index contributed by atoms with van der Waals surface area (Å²) in [6, 6.07) is 23.4. The van der Waals surface area contributed by atoms with E-state index in [0.717, 1.165) is 5.39 Å². The van der Waals surface area contributed by atoms with Crippen molar-refractivity contribution in [3.05, 3.63) is 90.5 Å². The van der Waals surface area contributed by atoms with Gasteiger partial charge < -0.3 is 8.83 Å². The number of anilines is 2. The van der Waals surface area contributed by atoms with E-state index in [2.05, 4.69) is 15.5 Å². The van der Waals surface area contributed by atoms with E-state index >= 15 is 0 Å². The summed E-state index contributed by atoms with van der Waals surface area (Å²) in [7, 11) is -2.31. The molecule has 9 nitrogen and oxygen atoms in total. The Morgan fingerprint density at radius 2 is 1.59 bits per heavy atom. The number of hydrogen-bond acceptors (Lipinski definition) is 7. The van der Waals surface area contributed by atoms with Crippen LogP contribution in [-0.4, -0.2) is 31.6 Å². The lowest BCUT2D eigenvalue weighted by molar-refractivity contribution is 0.102. The molecule has 3 aromatic carbocycles. The lowest BCUT2D eigenvalue weighted by atomic mass is 10.2. The van der Waals surface area contributed by atoms with Crippen molar-refractivity contribution in [3.63, 3.8) is 0 Å². The second kappa shape index (κ2) is 8.49. The molecule has 0 saturated carbocycles. The molecule has 0 saturated heterocycles. The van der Waals surface area contributed by atoms with E-state index in [9.17, 15) is 13.2 Å². The van der Waals surface area contributed by atoms with Crippen molar-refractivity contribution < 1.29 is 22.0 Å². The zero-order chi connectivity index (χ0) is 23.7. The smallest absolute Gasteiger partial charge is 0.322 e. The highest BCUT2D eigenvalue weighted by molar-refractivity contribution is 7.92. The molecule has 0 unspecified atom stereocenters. The second-order valence-electron chi connectivity index (χ2n) is 7.35. The van der Waals surface area contributed by atoms with Crippen LogP contribution in [-0.2, 0) is 10.0 Å². The molecule has 0 spiro atoms. The van der Waals surface area contributed by atoms with Crippen LogP contribution in [0.15, 0.2) is 98.7 Å². The maximum Gasteiger partial charge on any atom is 0.322 e. The molecule has 34 heavy (non-hydrogen) atoms. The number of sulfonamides is 1. The van der Waals surface area contributed by atoms with Gasteiger partial charge in [0.1, 0.15) is 5.58 Å². The standard InChI is InChI=1S/C24H18N4O5S/c1-28(18-8-3-2-4-9-18)34(30,31)19-13-11-16(12-14-19)22(29)25-24-27-26-23(33-24)21-15-17-7-5-6-10-20(17)32-21/h2-15H,1H3,(H,25,27,29). The molecule has 1 N–H and O–H groups in total. The Morgan fingerprint density at radius 3 is 2.32 bits per heavy atom. The van der Waals surface area contributed by atoms with Crippen LogP contribution in [0.25, 0.3) is 22.6 Å². The average molecular weight is 474 g/mol. The minimum atomic E-state index is -3.78. The number of aromatic nitrogens is 2. The molecular weight excluding hydrogens is 456 g/mol. The lowest BCUT2D eigenvalue weighted by Gasteiger charge is -2.19. The third kappa shape index (κ3) is 4.02. The van der Waals surface area contributed by atoms with Gasteiger partial charge in [0.05, 0.1) is 10.6 Å². The fourth-order valence-corrected chi connectivity index (χ4v) is 4.54. The molecule has 10 heteroatoms. The quantitative estimate of drug-likeness (QED) is 0.383. The van der Waals surface area contributed by atoms with Crippen LogP contribution in [0.5, 0.6) is 0 Å². The normalized spacial score (nSPS) is 11.4. The topological polar surface area (TPSA) is 119 Å². The van der Waals surface area contributed by atoms with Crippen molar-refractivity contribution in [2.75, 3.05) is 16.7 Å². The summed E-state index contributed by atoms with van der Waals surface area (Å²) in [5.74, 6) is -0.0247. The Balaban J connectivity index is 1.30. The van der Waals surface area contributed by atoms with E-state index in [-0.39, 0.29) is 22.4 Å². The van der Waals surface area contributed by atoms with Gasteiger partial charge in [0.2, 0.25) is 0 Å². The summed E-state index contributed by atoms with van der Waals surface area (Å²) >= 11 is 0.